The molecule has 6 nitrogen and oxygen atoms in total. The number of carbonyl (C=O) groups excluding carboxylic acids is 1. The lowest BCUT2D eigenvalue weighted by atomic mass is 10.2. The Kier molecular flexibility index (Phi) is 4.07. The Balaban J connectivity index is 1.62. The Bertz CT molecular complexity index is 514. The van der Waals surface area contributed by atoms with Gasteiger partial charge in [-0.25, -0.2) is 0 Å². The van der Waals surface area contributed by atoms with Crippen LogP contribution in [0.15, 0.2) is 18.5 Å². The molecule has 1 aromatic heterocycles. The number of rotatable bonds is 2. The minimum absolute atomic E-state index is 0.0365. The summed E-state index contributed by atoms with van der Waals surface area (Å²) in [6.45, 7) is 5.85. The van der Waals surface area contributed by atoms with E-state index in [1.807, 2.05) is 4.90 Å². The first-order valence-electron chi connectivity index (χ1n) is 7.50. The van der Waals surface area contributed by atoms with E-state index in [9.17, 15) is 9.90 Å². The molecule has 1 aromatic rings. The molecule has 3 rings (SSSR count). The van der Waals surface area contributed by atoms with Crippen molar-refractivity contribution in [2.45, 2.75) is 12.5 Å². The molecular formula is C15H22N4O2. The van der Waals surface area contributed by atoms with E-state index in [1.54, 1.807) is 12.3 Å². The van der Waals surface area contributed by atoms with Crippen LogP contribution in [0.1, 0.15) is 16.8 Å². The fourth-order valence-electron chi connectivity index (χ4n) is 3.15. The van der Waals surface area contributed by atoms with Crippen LogP contribution in [0.2, 0.25) is 0 Å². The molecule has 1 N–H and O–H groups in total. The molecule has 1 amide bonds. The molecule has 3 heterocycles. The number of carbonyl (C=O) groups is 1. The maximum atomic E-state index is 12.5. The summed E-state index contributed by atoms with van der Waals surface area (Å²) in [6.07, 6.45) is 3.88. The van der Waals surface area contributed by atoms with Crippen LogP contribution < -0.4 is 0 Å². The second-order valence-corrected chi connectivity index (χ2v) is 5.93. The summed E-state index contributed by atoms with van der Waals surface area (Å²) in [6, 6.07) is 2.03. The number of amides is 1. The standard InChI is InChI=1S/C15H22N4O2/c1-17-6-8-18(9-7-17)12-3-5-19(11-12)15(21)13-2-4-16-10-14(13)20/h2,4,10,12,20H,3,5-9,11H2,1H3/t12-/m0/s1. The molecule has 21 heavy (non-hydrogen) atoms. The number of hydrogen-bond donors (Lipinski definition) is 1. The van der Waals surface area contributed by atoms with Gasteiger partial charge in [0.15, 0.2) is 0 Å². The zero-order valence-corrected chi connectivity index (χ0v) is 12.4. The van der Waals surface area contributed by atoms with Gasteiger partial charge in [0.05, 0.1) is 11.8 Å². The first kappa shape index (κ1) is 14.3. The van der Waals surface area contributed by atoms with Crippen LogP contribution in [0.4, 0.5) is 0 Å². The monoisotopic (exact) mass is 290 g/mol. The van der Waals surface area contributed by atoms with Crippen molar-refractivity contribution in [1.82, 2.24) is 19.7 Å². The molecule has 0 bridgehead atoms. The SMILES string of the molecule is CN1CCN([C@H]2CCN(C(=O)c3ccncc3O)C2)CC1. The average molecular weight is 290 g/mol. The van der Waals surface area contributed by atoms with E-state index in [-0.39, 0.29) is 11.7 Å². The molecule has 0 saturated carbocycles. The number of hydrogen-bond acceptors (Lipinski definition) is 5. The van der Waals surface area contributed by atoms with Gasteiger partial charge >= 0.3 is 0 Å². The van der Waals surface area contributed by atoms with Gasteiger partial charge in [-0.15, -0.1) is 0 Å². The quantitative estimate of drug-likeness (QED) is 0.846. The summed E-state index contributed by atoms with van der Waals surface area (Å²) < 4.78 is 0. The van der Waals surface area contributed by atoms with Gasteiger partial charge in [0, 0.05) is 51.5 Å². The van der Waals surface area contributed by atoms with Crippen molar-refractivity contribution in [3.8, 4) is 5.75 Å². The van der Waals surface area contributed by atoms with Crippen molar-refractivity contribution in [2.24, 2.45) is 0 Å². The maximum Gasteiger partial charge on any atom is 0.257 e. The Morgan fingerprint density at radius 1 is 1.29 bits per heavy atom. The van der Waals surface area contributed by atoms with Crippen LogP contribution in [-0.2, 0) is 0 Å². The Labute approximate surface area is 125 Å². The van der Waals surface area contributed by atoms with Crippen LogP contribution in [0.25, 0.3) is 0 Å². The molecule has 2 aliphatic rings. The lowest BCUT2D eigenvalue weighted by Crippen LogP contribution is -2.50. The molecule has 0 aromatic carbocycles. The third-order valence-electron chi connectivity index (χ3n) is 4.54. The first-order valence-corrected chi connectivity index (χ1v) is 7.50. The Morgan fingerprint density at radius 2 is 2.05 bits per heavy atom. The van der Waals surface area contributed by atoms with Crippen LogP contribution in [0.3, 0.4) is 0 Å². The van der Waals surface area contributed by atoms with Gasteiger partial charge in [-0.05, 0) is 19.5 Å². The van der Waals surface area contributed by atoms with Crippen molar-refractivity contribution in [2.75, 3.05) is 46.3 Å². The molecule has 2 aliphatic heterocycles. The fraction of sp³-hybridized carbons (Fsp3) is 0.600. The number of likely N-dealkylation sites (N-methyl/N-ethyl adjacent to an activating group) is 1. The van der Waals surface area contributed by atoms with E-state index >= 15 is 0 Å². The van der Waals surface area contributed by atoms with Gasteiger partial charge in [-0.3, -0.25) is 14.7 Å². The minimum atomic E-state index is -0.0912. The lowest BCUT2D eigenvalue weighted by molar-refractivity contribution is 0.0752. The number of likely N-dealkylation sites (tertiary alicyclic amines) is 1. The fourth-order valence-corrected chi connectivity index (χ4v) is 3.15. The van der Waals surface area contributed by atoms with Gasteiger partial charge < -0.3 is 14.9 Å². The van der Waals surface area contributed by atoms with E-state index in [0.717, 1.165) is 45.7 Å². The molecule has 1 atom stereocenters. The van der Waals surface area contributed by atoms with Crippen molar-refractivity contribution in [3.63, 3.8) is 0 Å². The average Bonchev–Trinajstić information content (AvgIpc) is 2.98. The zero-order valence-electron chi connectivity index (χ0n) is 12.4. The Morgan fingerprint density at radius 3 is 2.76 bits per heavy atom. The van der Waals surface area contributed by atoms with Gasteiger partial charge in [0.2, 0.25) is 0 Å². The smallest absolute Gasteiger partial charge is 0.257 e. The normalized spacial score (nSPS) is 24.4. The first-order chi connectivity index (χ1) is 10.1. The molecule has 114 valence electrons. The molecule has 0 aliphatic carbocycles. The summed E-state index contributed by atoms with van der Waals surface area (Å²) in [5.74, 6) is -0.128. The van der Waals surface area contributed by atoms with E-state index in [0.29, 0.717) is 11.6 Å². The van der Waals surface area contributed by atoms with Crippen molar-refractivity contribution in [1.29, 1.82) is 0 Å². The van der Waals surface area contributed by atoms with E-state index < -0.39 is 0 Å². The third-order valence-corrected chi connectivity index (χ3v) is 4.54. The number of piperazine rings is 1. The van der Waals surface area contributed by atoms with Crippen molar-refractivity contribution in [3.05, 3.63) is 24.0 Å². The van der Waals surface area contributed by atoms with Crippen LogP contribution in [0, 0.1) is 0 Å². The lowest BCUT2D eigenvalue weighted by Gasteiger charge is -2.36. The molecule has 0 spiro atoms. The minimum Gasteiger partial charge on any atom is -0.505 e. The third kappa shape index (κ3) is 3.01. The summed E-state index contributed by atoms with van der Waals surface area (Å²) in [5.41, 5.74) is 0.351. The molecule has 0 unspecified atom stereocenters. The summed E-state index contributed by atoms with van der Waals surface area (Å²) in [5, 5.41) is 9.76. The van der Waals surface area contributed by atoms with Gasteiger partial charge in [-0.1, -0.05) is 0 Å². The summed E-state index contributed by atoms with van der Waals surface area (Å²) in [4.78, 5) is 22.9. The highest BCUT2D eigenvalue weighted by atomic mass is 16.3. The van der Waals surface area contributed by atoms with E-state index in [4.69, 9.17) is 0 Å². The highest BCUT2D eigenvalue weighted by Gasteiger charge is 2.32. The van der Waals surface area contributed by atoms with Crippen molar-refractivity contribution >= 4 is 5.91 Å². The molecule has 2 fully saturated rings. The molecular weight excluding hydrogens is 268 g/mol. The number of aromatic nitrogens is 1. The number of aromatic hydroxyl groups is 1. The van der Waals surface area contributed by atoms with E-state index in [1.165, 1.54) is 6.20 Å². The highest BCUT2D eigenvalue weighted by Crippen LogP contribution is 2.22. The van der Waals surface area contributed by atoms with Crippen LogP contribution in [-0.4, -0.2) is 83.1 Å². The van der Waals surface area contributed by atoms with Crippen LogP contribution >= 0.6 is 0 Å². The summed E-state index contributed by atoms with van der Waals surface area (Å²) in [7, 11) is 2.15. The predicted molar refractivity (Wildman–Crippen MR) is 79.3 cm³/mol. The van der Waals surface area contributed by atoms with Crippen LogP contribution in [0.5, 0.6) is 5.75 Å². The van der Waals surface area contributed by atoms with E-state index in [2.05, 4.69) is 21.8 Å². The predicted octanol–water partition coefficient (Wildman–Crippen LogP) is 0.249. The molecule has 2 saturated heterocycles. The summed E-state index contributed by atoms with van der Waals surface area (Å²) >= 11 is 0. The largest absolute Gasteiger partial charge is 0.505 e. The zero-order chi connectivity index (χ0) is 14.8. The second-order valence-electron chi connectivity index (χ2n) is 5.93. The van der Waals surface area contributed by atoms with Gasteiger partial charge in [0.25, 0.3) is 5.91 Å². The topological polar surface area (TPSA) is 59.9 Å². The number of nitrogens with zero attached hydrogens (tertiary/aromatic N) is 4. The second kappa shape index (κ2) is 5.99. The number of pyridine rings is 1. The van der Waals surface area contributed by atoms with Gasteiger partial charge in [-0.2, -0.15) is 0 Å². The molecule has 0 radical (unpaired) electrons. The Hall–Kier alpha value is -1.66. The maximum absolute atomic E-state index is 12.5. The molecule has 6 heteroatoms. The van der Waals surface area contributed by atoms with Crippen molar-refractivity contribution < 1.29 is 9.90 Å². The van der Waals surface area contributed by atoms with Gasteiger partial charge in [0.1, 0.15) is 5.75 Å². The highest BCUT2D eigenvalue weighted by molar-refractivity contribution is 5.96.